The summed E-state index contributed by atoms with van der Waals surface area (Å²) in [4.78, 5) is 36.6. The van der Waals surface area contributed by atoms with Crippen molar-refractivity contribution in [2.45, 2.75) is 19.9 Å². The smallest absolute Gasteiger partial charge is 0.329 e. The normalized spacial score (nSPS) is 11.6. The Hall–Kier alpha value is -3.64. The van der Waals surface area contributed by atoms with Gasteiger partial charge in [0.2, 0.25) is 5.91 Å². The number of esters is 1. The van der Waals surface area contributed by atoms with Crippen LogP contribution in [0.4, 0.5) is 5.00 Å². The third-order valence-electron chi connectivity index (χ3n) is 4.15. The predicted octanol–water partition coefficient (Wildman–Crippen LogP) is 2.96. The van der Waals surface area contributed by atoms with E-state index in [-0.39, 0.29) is 5.92 Å². The minimum absolute atomic E-state index is 0.253. The first kappa shape index (κ1) is 23.6. The summed E-state index contributed by atoms with van der Waals surface area (Å²) < 4.78 is 10.1. The molecule has 1 aromatic heterocycles. The average molecular weight is 442 g/mol. The maximum Gasteiger partial charge on any atom is 0.329 e. The quantitative estimate of drug-likeness (QED) is 0.456. The molecule has 0 aliphatic heterocycles. The van der Waals surface area contributed by atoms with Crippen LogP contribution in [-0.2, 0) is 19.1 Å². The van der Waals surface area contributed by atoms with Crippen LogP contribution in [0.15, 0.2) is 41.8 Å². The maximum absolute atomic E-state index is 12.4. The van der Waals surface area contributed by atoms with Gasteiger partial charge in [0.05, 0.1) is 12.7 Å². The second kappa shape index (κ2) is 11.5. The molecule has 1 heterocycles. The number of ether oxygens (including phenoxy) is 2. The number of hydrogen-bond donors (Lipinski definition) is 2. The highest BCUT2D eigenvalue weighted by Gasteiger charge is 2.25. The van der Waals surface area contributed by atoms with Crippen molar-refractivity contribution in [3.8, 4) is 11.8 Å². The molecule has 1 unspecified atom stereocenters. The lowest BCUT2D eigenvalue weighted by molar-refractivity contribution is -0.151. The van der Waals surface area contributed by atoms with Crippen LogP contribution in [0.2, 0.25) is 0 Å². The summed E-state index contributed by atoms with van der Waals surface area (Å²) in [6.45, 7) is 2.98. The number of carbonyl (C=O) groups is 3. The van der Waals surface area contributed by atoms with Crippen molar-refractivity contribution in [3.05, 3.63) is 52.9 Å². The number of anilines is 1. The van der Waals surface area contributed by atoms with Crippen LogP contribution in [0.1, 0.15) is 25.0 Å². The van der Waals surface area contributed by atoms with Gasteiger partial charge in [-0.05, 0) is 41.1 Å². The highest BCUT2D eigenvalue weighted by molar-refractivity contribution is 7.14. The number of benzene rings is 1. The molecule has 0 aliphatic carbocycles. The van der Waals surface area contributed by atoms with Crippen LogP contribution in [0, 0.1) is 17.2 Å². The fourth-order valence-electron chi connectivity index (χ4n) is 2.47. The predicted molar refractivity (Wildman–Crippen MR) is 117 cm³/mol. The van der Waals surface area contributed by atoms with Crippen molar-refractivity contribution in [2.75, 3.05) is 19.0 Å². The molecule has 2 aromatic rings. The summed E-state index contributed by atoms with van der Waals surface area (Å²) >= 11 is 1.20. The van der Waals surface area contributed by atoms with E-state index >= 15 is 0 Å². The standard InChI is InChI=1S/C22H23N3O5S/c1-14(2)20(24-18(26)9-6-15-4-7-17(29-3)8-5-15)22(28)30-13-19(27)25-21-16(12-23)10-11-31-21/h4-11,14,20H,13H2,1-3H3,(H,24,26)(H,25,27)/b9-6+. The van der Waals surface area contributed by atoms with E-state index in [0.717, 1.165) is 5.56 Å². The average Bonchev–Trinajstić information content (AvgIpc) is 3.21. The highest BCUT2D eigenvalue weighted by Crippen LogP contribution is 2.21. The zero-order valence-electron chi connectivity index (χ0n) is 17.4. The largest absolute Gasteiger partial charge is 0.497 e. The van der Waals surface area contributed by atoms with E-state index in [1.54, 1.807) is 62.7 Å². The van der Waals surface area contributed by atoms with Gasteiger partial charge in [-0.2, -0.15) is 5.26 Å². The summed E-state index contributed by atoms with van der Waals surface area (Å²) in [5.41, 5.74) is 1.13. The number of nitrogens with one attached hydrogen (secondary N) is 2. The van der Waals surface area contributed by atoms with Crippen molar-refractivity contribution in [2.24, 2.45) is 5.92 Å². The van der Waals surface area contributed by atoms with E-state index in [1.807, 2.05) is 6.07 Å². The van der Waals surface area contributed by atoms with E-state index in [4.69, 9.17) is 14.7 Å². The van der Waals surface area contributed by atoms with Crippen LogP contribution in [0.25, 0.3) is 6.08 Å². The van der Waals surface area contributed by atoms with Gasteiger partial charge in [0.25, 0.3) is 5.91 Å². The number of thiophene rings is 1. The van der Waals surface area contributed by atoms with E-state index < -0.39 is 30.4 Å². The molecule has 0 aliphatic rings. The Kier molecular flexibility index (Phi) is 8.78. The van der Waals surface area contributed by atoms with Crippen LogP contribution in [0.5, 0.6) is 5.75 Å². The SMILES string of the molecule is COc1ccc(/C=C/C(=O)NC(C(=O)OCC(=O)Nc2sccc2C#N)C(C)C)cc1. The van der Waals surface area contributed by atoms with Crippen molar-refractivity contribution in [3.63, 3.8) is 0 Å². The first-order valence-electron chi connectivity index (χ1n) is 9.40. The van der Waals surface area contributed by atoms with Gasteiger partial charge in [-0.1, -0.05) is 26.0 Å². The van der Waals surface area contributed by atoms with E-state index in [1.165, 1.54) is 17.4 Å². The Bertz CT molecular complexity index is 989. The molecule has 0 bridgehead atoms. The summed E-state index contributed by atoms with van der Waals surface area (Å²) in [5, 5.41) is 16.1. The number of amides is 2. The molecule has 0 spiro atoms. The monoisotopic (exact) mass is 441 g/mol. The second-order valence-corrected chi connectivity index (χ2v) is 7.68. The van der Waals surface area contributed by atoms with Crippen LogP contribution in [0.3, 0.4) is 0 Å². The Morgan fingerprint density at radius 2 is 1.90 bits per heavy atom. The Balaban J connectivity index is 1.89. The Labute approximate surface area is 184 Å². The lowest BCUT2D eigenvalue weighted by Gasteiger charge is -2.20. The summed E-state index contributed by atoms with van der Waals surface area (Å²) in [6.07, 6.45) is 2.93. The molecule has 2 rings (SSSR count). The van der Waals surface area contributed by atoms with Crippen molar-refractivity contribution < 1.29 is 23.9 Å². The van der Waals surface area contributed by atoms with Gasteiger partial charge in [0.15, 0.2) is 6.61 Å². The molecule has 1 atom stereocenters. The molecular weight excluding hydrogens is 418 g/mol. The molecular formula is C22H23N3O5S. The lowest BCUT2D eigenvalue weighted by atomic mass is 10.0. The molecule has 0 saturated heterocycles. The zero-order valence-corrected chi connectivity index (χ0v) is 18.2. The van der Waals surface area contributed by atoms with Gasteiger partial charge >= 0.3 is 5.97 Å². The maximum atomic E-state index is 12.4. The topological polar surface area (TPSA) is 118 Å². The number of hydrogen-bond acceptors (Lipinski definition) is 7. The minimum atomic E-state index is -0.919. The molecule has 0 fully saturated rings. The summed E-state index contributed by atoms with van der Waals surface area (Å²) in [5.74, 6) is -1.30. The molecule has 31 heavy (non-hydrogen) atoms. The van der Waals surface area contributed by atoms with Gasteiger partial charge in [-0.25, -0.2) is 4.79 Å². The molecule has 1 aromatic carbocycles. The van der Waals surface area contributed by atoms with Crippen molar-refractivity contribution >= 4 is 40.2 Å². The lowest BCUT2D eigenvalue weighted by Crippen LogP contribution is -2.45. The fourth-order valence-corrected chi connectivity index (χ4v) is 3.22. The molecule has 2 N–H and O–H groups in total. The van der Waals surface area contributed by atoms with Crippen molar-refractivity contribution in [1.29, 1.82) is 5.26 Å². The molecule has 0 saturated carbocycles. The number of carbonyl (C=O) groups excluding carboxylic acids is 3. The molecule has 0 radical (unpaired) electrons. The van der Waals surface area contributed by atoms with Gasteiger partial charge in [0, 0.05) is 6.08 Å². The second-order valence-electron chi connectivity index (χ2n) is 6.77. The molecule has 2 amide bonds. The third-order valence-corrected chi connectivity index (χ3v) is 4.98. The number of rotatable bonds is 9. The molecule has 162 valence electrons. The molecule has 9 heteroatoms. The van der Waals surface area contributed by atoms with E-state index in [9.17, 15) is 14.4 Å². The van der Waals surface area contributed by atoms with Crippen LogP contribution >= 0.6 is 11.3 Å². The Morgan fingerprint density at radius 1 is 1.19 bits per heavy atom. The van der Waals surface area contributed by atoms with Crippen LogP contribution in [-0.4, -0.2) is 37.5 Å². The third kappa shape index (κ3) is 7.28. The van der Waals surface area contributed by atoms with E-state index in [0.29, 0.717) is 16.3 Å². The van der Waals surface area contributed by atoms with Gasteiger partial charge in [0.1, 0.15) is 22.9 Å². The fraction of sp³-hybridized carbons (Fsp3) is 0.273. The highest BCUT2D eigenvalue weighted by atomic mass is 32.1. The van der Waals surface area contributed by atoms with E-state index in [2.05, 4.69) is 10.6 Å². The zero-order chi connectivity index (χ0) is 22.8. The summed E-state index contributed by atoms with van der Waals surface area (Å²) in [7, 11) is 1.57. The van der Waals surface area contributed by atoms with Crippen LogP contribution < -0.4 is 15.4 Å². The first-order valence-corrected chi connectivity index (χ1v) is 10.3. The Morgan fingerprint density at radius 3 is 2.52 bits per heavy atom. The van der Waals surface area contributed by atoms with Gasteiger partial charge in [-0.3, -0.25) is 9.59 Å². The van der Waals surface area contributed by atoms with Gasteiger partial charge < -0.3 is 20.1 Å². The molecule has 8 nitrogen and oxygen atoms in total. The summed E-state index contributed by atoms with van der Waals surface area (Å²) in [6, 6.07) is 9.74. The number of methoxy groups -OCH3 is 1. The number of nitriles is 1. The first-order chi connectivity index (χ1) is 14.8. The van der Waals surface area contributed by atoms with Crippen molar-refractivity contribution in [1.82, 2.24) is 5.32 Å². The minimum Gasteiger partial charge on any atom is -0.497 e. The number of nitrogens with zero attached hydrogens (tertiary/aromatic N) is 1. The van der Waals surface area contributed by atoms with Gasteiger partial charge in [-0.15, -0.1) is 11.3 Å².